The van der Waals surface area contributed by atoms with Crippen molar-refractivity contribution in [1.29, 1.82) is 0 Å². The first-order valence-corrected chi connectivity index (χ1v) is 11.3. The van der Waals surface area contributed by atoms with Gasteiger partial charge in [0.25, 0.3) is 11.5 Å². The summed E-state index contributed by atoms with van der Waals surface area (Å²) in [5.74, 6) is -0.510. The highest BCUT2D eigenvalue weighted by molar-refractivity contribution is 7.10. The minimum atomic E-state index is -0.485. The average molecular weight is 465 g/mol. The van der Waals surface area contributed by atoms with E-state index in [0.29, 0.717) is 29.9 Å². The zero-order chi connectivity index (χ0) is 23.7. The summed E-state index contributed by atoms with van der Waals surface area (Å²) in [6, 6.07) is 7.30. The summed E-state index contributed by atoms with van der Waals surface area (Å²) < 4.78 is 2.26. The van der Waals surface area contributed by atoms with Gasteiger partial charge in [-0.1, -0.05) is 6.07 Å². The first-order chi connectivity index (χ1) is 15.8. The molecule has 1 N–H and O–H groups in total. The fourth-order valence-corrected chi connectivity index (χ4v) is 4.77. The van der Waals surface area contributed by atoms with Crippen LogP contribution >= 0.6 is 11.3 Å². The molecule has 4 rings (SSSR count). The minimum absolute atomic E-state index is 0.0651. The first kappa shape index (κ1) is 22.5. The molecule has 9 heteroatoms. The second-order valence-electron chi connectivity index (χ2n) is 7.99. The van der Waals surface area contributed by atoms with Crippen LogP contribution < -0.4 is 16.6 Å². The standard InChI is InChI=1S/C24H24N4O4S/c1-15-18(23(31)28-11-9-20-16(14-28)10-12-33-20)5-4-6-19(15)25-21(29)8-7-17-13-26(2)24(32)27(3)22(17)30/h4-8,10,12-13H,9,11,14H2,1-3H3,(H,25,29)/b8-7+. The minimum Gasteiger partial charge on any atom is -0.334 e. The van der Waals surface area contributed by atoms with Gasteiger partial charge in [0.2, 0.25) is 5.91 Å². The normalized spacial score (nSPS) is 13.2. The number of fused-ring (bicyclic) bond motifs is 1. The lowest BCUT2D eigenvalue weighted by atomic mass is 10.0. The van der Waals surface area contributed by atoms with E-state index in [1.807, 2.05) is 4.90 Å². The number of carbonyl (C=O) groups excluding carboxylic acids is 2. The van der Waals surface area contributed by atoms with Gasteiger partial charge in [-0.05, 0) is 54.1 Å². The molecule has 3 heterocycles. The Balaban J connectivity index is 1.51. The van der Waals surface area contributed by atoms with Crippen LogP contribution in [0.25, 0.3) is 6.08 Å². The molecular weight excluding hydrogens is 440 g/mol. The van der Waals surface area contributed by atoms with Gasteiger partial charge in [-0.25, -0.2) is 4.79 Å². The number of benzene rings is 1. The van der Waals surface area contributed by atoms with E-state index < -0.39 is 17.2 Å². The Morgan fingerprint density at radius 2 is 1.94 bits per heavy atom. The number of nitrogens with one attached hydrogen (secondary N) is 1. The number of hydrogen-bond donors (Lipinski definition) is 1. The maximum atomic E-state index is 13.2. The van der Waals surface area contributed by atoms with E-state index in [1.165, 1.54) is 47.5 Å². The maximum Gasteiger partial charge on any atom is 0.330 e. The highest BCUT2D eigenvalue weighted by atomic mass is 32.1. The molecule has 0 aliphatic carbocycles. The number of thiophene rings is 1. The maximum absolute atomic E-state index is 13.2. The molecular formula is C24H24N4O4S. The Hall–Kier alpha value is -3.72. The van der Waals surface area contributed by atoms with Crippen LogP contribution in [-0.4, -0.2) is 32.4 Å². The monoisotopic (exact) mass is 464 g/mol. The number of nitrogens with zero attached hydrogens (tertiary/aromatic N) is 3. The Morgan fingerprint density at radius 3 is 2.73 bits per heavy atom. The van der Waals surface area contributed by atoms with Gasteiger partial charge in [0, 0.05) is 55.6 Å². The van der Waals surface area contributed by atoms with E-state index in [1.54, 1.807) is 36.5 Å². The summed E-state index contributed by atoms with van der Waals surface area (Å²) in [4.78, 5) is 52.9. The first-order valence-electron chi connectivity index (χ1n) is 10.5. The molecule has 1 aromatic carbocycles. The van der Waals surface area contributed by atoms with E-state index in [9.17, 15) is 19.2 Å². The Labute approximate surface area is 194 Å². The lowest BCUT2D eigenvalue weighted by Gasteiger charge is -2.28. The topological polar surface area (TPSA) is 93.4 Å². The largest absolute Gasteiger partial charge is 0.334 e. The number of anilines is 1. The quantitative estimate of drug-likeness (QED) is 0.600. The third kappa shape index (κ3) is 4.45. The summed E-state index contributed by atoms with van der Waals surface area (Å²) >= 11 is 1.72. The van der Waals surface area contributed by atoms with Crippen molar-refractivity contribution in [2.75, 3.05) is 11.9 Å². The van der Waals surface area contributed by atoms with Gasteiger partial charge >= 0.3 is 5.69 Å². The zero-order valence-corrected chi connectivity index (χ0v) is 19.4. The molecule has 2 aromatic heterocycles. The predicted molar refractivity (Wildman–Crippen MR) is 129 cm³/mol. The van der Waals surface area contributed by atoms with Gasteiger partial charge in [0.1, 0.15) is 0 Å². The van der Waals surface area contributed by atoms with E-state index in [4.69, 9.17) is 0 Å². The summed E-state index contributed by atoms with van der Waals surface area (Å²) in [5.41, 5.74) is 2.23. The van der Waals surface area contributed by atoms with Crippen LogP contribution in [0, 0.1) is 6.92 Å². The van der Waals surface area contributed by atoms with E-state index >= 15 is 0 Å². The van der Waals surface area contributed by atoms with E-state index in [0.717, 1.165) is 11.0 Å². The SMILES string of the molecule is Cc1c(NC(=O)/C=C/c2cn(C)c(=O)n(C)c2=O)cccc1C(=O)N1CCc2sccc2C1. The summed E-state index contributed by atoms with van der Waals surface area (Å²) in [6.45, 7) is 3.06. The van der Waals surface area contributed by atoms with Crippen LogP contribution in [0.2, 0.25) is 0 Å². The fraction of sp³-hybridized carbons (Fsp3) is 0.250. The number of aryl methyl sites for hydroxylation is 1. The Bertz CT molecular complexity index is 1400. The molecule has 0 radical (unpaired) electrons. The molecule has 33 heavy (non-hydrogen) atoms. The van der Waals surface area contributed by atoms with Crippen molar-refractivity contribution in [3.63, 3.8) is 0 Å². The summed E-state index contributed by atoms with van der Waals surface area (Å²) in [5, 5.41) is 4.83. The third-order valence-electron chi connectivity index (χ3n) is 5.80. The van der Waals surface area contributed by atoms with Crippen molar-refractivity contribution in [1.82, 2.24) is 14.0 Å². The van der Waals surface area contributed by atoms with Crippen LogP contribution in [0.3, 0.4) is 0 Å². The number of hydrogen-bond acceptors (Lipinski definition) is 5. The fourth-order valence-electron chi connectivity index (χ4n) is 3.89. The van der Waals surface area contributed by atoms with Gasteiger partial charge in [-0.2, -0.15) is 0 Å². The molecule has 0 saturated heterocycles. The Morgan fingerprint density at radius 1 is 1.15 bits per heavy atom. The third-order valence-corrected chi connectivity index (χ3v) is 6.83. The molecule has 0 bridgehead atoms. The van der Waals surface area contributed by atoms with Crippen LogP contribution in [-0.2, 0) is 31.9 Å². The van der Waals surface area contributed by atoms with Crippen molar-refractivity contribution in [3.8, 4) is 0 Å². The molecule has 8 nitrogen and oxygen atoms in total. The lowest BCUT2D eigenvalue weighted by Crippen LogP contribution is -2.37. The number of carbonyl (C=O) groups is 2. The van der Waals surface area contributed by atoms with Crippen LogP contribution in [0.1, 0.15) is 31.9 Å². The number of rotatable bonds is 4. The zero-order valence-electron chi connectivity index (χ0n) is 18.6. The molecule has 1 aliphatic heterocycles. The van der Waals surface area contributed by atoms with Gasteiger partial charge < -0.3 is 14.8 Å². The second kappa shape index (κ2) is 9.03. The average Bonchev–Trinajstić information content (AvgIpc) is 3.28. The Kier molecular flexibility index (Phi) is 6.15. The number of aromatic nitrogens is 2. The van der Waals surface area contributed by atoms with Gasteiger partial charge in [-0.3, -0.25) is 19.0 Å². The van der Waals surface area contributed by atoms with E-state index in [2.05, 4.69) is 16.8 Å². The van der Waals surface area contributed by atoms with Gasteiger partial charge in [0.05, 0.1) is 5.56 Å². The summed E-state index contributed by atoms with van der Waals surface area (Å²) in [6.07, 6.45) is 4.84. The lowest BCUT2D eigenvalue weighted by molar-refractivity contribution is -0.111. The van der Waals surface area contributed by atoms with Crippen LogP contribution in [0.15, 0.2) is 51.5 Å². The highest BCUT2D eigenvalue weighted by Gasteiger charge is 2.24. The second-order valence-corrected chi connectivity index (χ2v) is 8.99. The molecule has 170 valence electrons. The van der Waals surface area contributed by atoms with Crippen molar-refractivity contribution < 1.29 is 9.59 Å². The molecule has 0 saturated carbocycles. The predicted octanol–water partition coefficient (Wildman–Crippen LogP) is 2.30. The van der Waals surface area contributed by atoms with Gasteiger partial charge in [0.15, 0.2) is 0 Å². The molecule has 2 amide bonds. The smallest absolute Gasteiger partial charge is 0.330 e. The molecule has 0 fully saturated rings. The highest BCUT2D eigenvalue weighted by Crippen LogP contribution is 2.27. The molecule has 0 spiro atoms. The van der Waals surface area contributed by atoms with Crippen molar-refractivity contribution >= 4 is 34.9 Å². The van der Waals surface area contributed by atoms with Crippen molar-refractivity contribution in [2.24, 2.45) is 14.1 Å². The van der Waals surface area contributed by atoms with Crippen LogP contribution in [0.5, 0.6) is 0 Å². The van der Waals surface area contributed by atoms with Crippen LogP contribution in [0.4, 0.5) is 5.69 Å². The van der Waals surface area contributed by atoms with Gasteiger partial charge in [-0.15, -0.1) is 11.3 Å². The van der Waals surface area contributed by atoms with Crippen molar-refractivity contribution in [2.45, 2.75) is 19.9 Å². The molecule has 0 atom stereocenters. The van der Waals surface area contributed by atoms with Crippen molar-refractivity contribution in [3.05, 3.63) is 89.9 Å². The summed E-state index contributed by atoms with van der Waals surface area (Å²) in [7, 11) is 2.92. The van der Waals surface area contributed by atoms with E-state index in [-0.39, 0.29) is 11.5 Å². The number of amides is 2. The molecule has 3 aromatic rings. The molecule has 1 aliphatic rings. The molecule has 0 unspecified atom stereocenters.